The van der Waals surface area contributed by atoms with Crippen LogP contribution in [0.3, 0.4) is 0 Å². The molecule has 1 aromatic rings. The van der Waals surface area contributed by atoms with E-state index in [0.29, 0.717) is 30.0 Å². The molecule has 0 radical (unpaired) electrons. The van der Waals surface area contributed by atoms with E-state index in [1.165, 1.54) is 11.0 Å². The van der Waals surface area contributed by atoms with Crippen LogP contribution in [0.25, 0.3) is 0 Å². The molecule has 0 bridgehead atoms. The maximum absolute atomic E-state index is 12.3. The van der Waals surface area contributed by atoms with Crippen LogP contribution >= 0.6 is 0 Å². The monoisotopic (exact) mass is 319 g/mol. The van der Waals surface area contributed by atoms with Gasteiger partial charge in [0.05, 0.1) is 0 Å². The van der Waals surface area contributed by atoms with Gasteiger partial charge in [0, 0.05) is 31.8 Å². The molecule has 1 aliphatic heterocycles. The number of aliphatic hydroxyl groups excluding tert-OH is 1. The van der Waals surface area contributed by atoms with E-state index >= 15 is 0 Å². The lowest BCUT2D eigenvalue weighted by molar-refractivity contribution is 0.173. The van der Waals surface area contributed by atoms with Crippen molar-refractivity contribution in [2.45, 2.75) is 46.2 Å². The van der Waals surface area contributed by atoms with Crippen LogP contribution in [0.5, 0.6) is 5.88 Å². The van der Waals surface area contributed by atoms with Crippen molar-refractivity contribution in [1.29, 1.82) is 5.26 Å². The molecular formula is C17H25N3O3. The van der Waals surface area contributed by atoms with Crippen LogP contribution in [0.2, 0.25) is 0 Å². The molecule has 0 amide bonds. The number of aliphatic hydroxyl groups is 1. The van der Waals surface area contributed by atoms with Crippen LogP contribution < -0.4 is 5.56 Å². The van der Waals surface area contributed by atoms with Gasteiger partial charge in [-0.3, -0.25) is 14.3 Å². The van der Waals surface area contributed by atoms with Gasteiger partial charge in [0.15, 0.2) is 5.88 Å². The first-order valence-corrected chi connectivity index (χ1v) is 8.18. The molecule has 2 rings (SSSR count). The molecule has 2 heterocycles. The maximum Gasteiger partial charge on any atom is 0.271 e. The minimum Gasteiger partial charge on any atom is -0.494 e. The van der Waals surface area contributed by atoms with Crippen LogP contribution in [-0.4, -0.2) is 39.4 Å². The van der Waals surface area contributed by atoms with Crippen molar-refractivity contribution in [2.75, 3.05) is 19.7 Å². The molecule has 6 heteroatoms. The Morgan fingerprint density at radius 3 is 2.78 bits per heavy atom. The van der Waals surface area contributed by atoms with Crippen LogP contribution in [0, 0.1) is 24.2 Å². The van der Waals surface area contributed by atoms with E-state index in [1.54, 1.807) is 6.92 Å². The molecule has 6 nitrogen and oxygen atoms in total. The van der Waals surface area contributed by atoms with E-state index in [9.17, 15) is 15.2 Å². The number of piperidine rings is 1. The predicted molar refractivity (Wildman–Crippen MR) is 87.2 cm³/mol. The van der Waals surface area contributed by atoms with Gasteiger partial charge in [-0.25, -0.2) is 0 Å². The van der Waals surface area contributed by atoms with E-state index < -0.39 is 5.56 Å². The Morgan fingerprint density at radius 1 is 1.43 bits per heavy atom. The summed E-state index contributed by atoms with van der Waals surface area (Å²) >= 11 is 0. The van der Waals surface area contributed by atoms with Gasteiger partial charge in [0.25, 0.3) is 5.56 Å². The quantitative estimate of drug-likeness (QED) is 0.855. The molecule has 0 aliphatic carbocycles. The number of rotatable bonds is 5. The topological polar surface area (TPSA) is 89.5 Å². The third-order valence-corrected chi connectivity index (χ3v) is 4.59. The molecule has 1 aliphatic rings. The molecular weight excluding hydrogens is 294 g/mol. The summed E-state index contributed by atoms with van der Waals surface area (Å²) in [6.45, 7) is 6.52. The molecule has 1 fully saturated rings. The fourth-order valence-corrected chi connectivity index (χ4v) is 3.28. The van der Waals surface area contributed by atoms with E-state index in [0.717, 1.165) is 19.5 Å². The molecule has 0 unspecified atom stereocenters. The highest BCUT2D eigenvalue weighted by molar-refractivity contribution is 5.45. The van der Waals surface area contributed by atoms with Crippen molar-refractivity contribution in [2.24, 2.45) is 5.92 Å². The van der Waals surface area contributed by atoms with Crippen LogP contribution in [-0.2, 0) is 13.1 Å². The van der Waals surface area contributed by atoms with Crippen LogP contribution in [0.4, 0.5) is 0 Å². The fraction of sp³-hybridized carbons (Fsp3) is 0.647. The second kappa shape index (κ2) is 7.62. The number of pyridine rings is 1. The van der Waals surface area contributed by atoms with Gasteiger partial charge in [-0.15, -0.1) is 0 Å². The first-order chi connectivity index (χ1) is 11.0. The molecule has 0 saturated carbocycles. The first-order valence-electron chi connectivity index (χ1n) is 8.18. The molecule has 1 saturated heterocycles. The predicted octanol–water partition coefficient (Wildman–Crippen LogP) is 1.35. The molecule has 126 valence electrons. The average Bonchev–Trinajstić information content (AvgIpc) is 2.52. The molecule has 1 aromatic heterocycles. The normalized spacial score (nSPS) is 18.8. The summed E-state index contributed by atoms with van der Waals surface area (Å²) in [5.41, 5.74) is 0.814. The first kappa shape index (κ1) is 17.5. The van der Waals surface area contributed by atoms with Gasteiger partial charge in [0.1, 0.15) is 11.6 Å². The third-order valence-electron chi connectivity index (χ3n) is 4.59. The highest BCUT2D eigenvalue weighted by Gasteiger charge is 2.23. The summed E-state index contributed by atoms with van der Waals surface area (Å²) in [5.74, 6) is 0.542. The summed E-state index contributed by atoms with van der Waals surface area (Å²) in [6.07, 6.45) is 2.69. The van der Waals surface area contributed by atoms with E-state index in [1.807, 2.05) is 6.07 Å². The van der Waals surface area contributed by atoms with Gasteiger partial charge >= 0.3 is 0 Å². The SMILES string of the molecule is Cc1c(CN2CCC[C@@H](C)C2)c(O)n(CCCO)c(=O)c1C#N. The number of likely N-dealkylation sites (tertiary alicyclic amines) is 1. The van der Waals surface area contributed by atoms with Crippen molar-refractivity contribution < 1.29 is 10.2 Å². The maximum atomic E-state index is 12.3. The number of aromatic nitrogens is 1. The molecule has 0 spiro atoms. The summed E-state index contributed by atoms with van der Waals surface area (Å²) in [4.78, 5) is 14.6. The van der Waals surface area contributed by atoms with Crippen molar-refractivity contribution in [3.05, 3.63) is 27.0 Å². The van der Waals surface area contributed by atoms with E-state index in [2.05, 4.69) is 11.8 Å². The standard InChI is InChI=1S/C17H25N3O3/c1-12-5-3-6-19(10-12)11-15-13(2)14(9-18)16(22)20(17(15)23)7-4-8-21/h12,21,23H,3-8,10-11H2,1-2H3/t12-/m1/s1. The minimum atomic E-state index is -0.480. The van der Waals surface area contributed by atoms with Gasteiger partial charge in [-0.2, -0.15) is 5.26 Å². The Labute approximate surface area is 136 Å². The Bertz CT molecular complexity index is 661. The van der Waals surface area contributed by atoms with E-state index in [4.69, 9.17) is 5.11 Å². The Morgan fingerprint density at radius 2 is 2.17 bits per heavy atom. The highest BCUT2D eigenvalue weighted by atomic mass is 16.3. The lowest BCUT2D eigenvalue weighted by Crippen LogP contribution is -2.35. The zero-order valence-electron chi connectivity index (χ0n) is 13.9. The lowest BCUT2D eigenvalue weighted by atomic mass is 9.98. The minimum absolute atomic E-state index is 0.0688. The molecule has 0 aromatic carbocycles. The Kier molecular flexibility index (Phi) is 5.80. The average molecular weight is 319 g/mol. The van der Waals surface area contributed by atoms with Crippen molar-refractivity contribution >= 4 is 0 Å². The van der Waals surface area contributed by atoms with Gasteiger partial charge in [-0.05, 0) is 44.2 Å². The zero-order valence-corrected chi connectivity index (χ0v) is 13.9. The van der Waals surface area contributed by atoms with Crippen LogP contribution in [0.15, 0.2) is 4.79 Å². The van der Waals surface area contributed by atoms with Gasteiger partial charge < -0.3 is 10.2 Å². The molecule has 23 heavy (non-hydrogen) atoms. The fourth-order valence-electron chi connectivity index (χ4n) is 3.28. The highest BCUT2D eigenvalue weighted by Crippen LogP contribution is 2.26. The Hall–Kier alpha value is -1.84. The second-order valence-electron chi connectivity index (χ2n) is 6.43. The largest absolute Gasteiger partial charge is 0.494 e. The summed E-state index contributed by atoms with van der Waals surface area (Å²) in [7, 11) is 0. The smallest absolute Gasteiger partial charge is 0.271 e. The number of hydrogen-bond acceptors (Lipinski definition) is 5. The molecule has 2 N–H and O–H groups in total. The summed E-state index contributed by atoms with van der Waals surface area (Å²) < 4.78 is 1.21. The van der Waals surface area contributed by atoms with Gasteiger partial charge in [-0.1, -0.05) is 6.92 Å². The number of nitriles is 1. The lowest BCUT2D eigenvalue weighted by Gasteiger charge is -2.31. The van der Waals surface area contributed by atoms with Crippen LogP contribution in [0.1, 0.15) is 42.9 Å². The molecule has 1 atom stereocenters. The summed E-state index contributed by atoms with van der Waals surface area (Å²) in [5, 5.41) is 28.8. The Balaban J connectivity index is 2.41. The van der Waals surface area contributed by atoms with E-state index in [-0.39, 0.29) is 24.6 Å². The third kappa shape index (κ3) is 3.74. The van der Waals surface area contributed by atoms with Gasteiger partial charge in [0.2, 0.25) is 0 Å². The second-order valence-corrected chi connectivity index (χ2v) is 6.43. The number of aromatic hydroxyl groups is 1. The van der Waals surface area contributed by atoms with Crippen molar-refractivity contribution in [1.82, 2.24) is 9.47 Å². The summed E-state index contributed by atoms with van der Waals surface area (Å²) in [6, 6.07) is 1.97. The number of nitrogens with zero attached hydrogens (tertiary/aromatic N) is 3. The van der Waals surface area contributed by atoms with Crippen molar-refractivity contribution in [3.8, 4) is 11.9 Å². The van der Waals surface area contributed by atoms with Crippen molar-refractivity contribution in [3.63, 3.8) is 0 Å². The zero-order chi connectivity index (χ0) is 17.0. The number of hydrogen-bond donors (Lipinski definition) is 2.